The third-order valence-electron chi connectivity index (χ3n) is 2.13. The minimum Gasteiger partial charge on any atom is -0.467 e. The smallest absolute Gasteiger partial charge is 0.149 e. The first-order chi connectivity index (χ1) is 7.42. The standard InChI is InChI=1S/C10H14N4O/c1-2-5-11-9(8-4-3-6-15-8)10-12-7-13-14-10/h3-4,6-7,9,11H,2,5H2,1H3,(H,12,13,14). The molecule has 1 unspecified atom stereocenters. The predicted octanol–water partition coefficient (Wildman–Crippen LogP) is 1.49. The van der Waals surface area contributed by atoms with Gasteiger partial charge < -0.3 is 9.73 Å². The van der Waals surface area contributed by atoms with Crippen LogP contribution in [0.2, 0.25) is 0 Å². The average Bonchev–Trinajstić information content (AvgIpc) is 2.90. The zero-order valence-corrected chi connectivity index (χ0v) is 8.60. The maximum atomic E-state index is 5.37. The topological polar surface area (TPSA) is 66.7 Å². The van der Waals surface area contributed by atoms with Crippen LogP contribution in [0.1, 0.15) is 31.0 Å². The fraction of sp³-hybridized carbons (Fsp3) is 0.400. The molecule has 0 bridgehead atoms. The van der Waals surface area contributed by atoms with Crippen molar-refractivity contribution in [2.45, 2.75) is 19.4 Å². The van der Waals surface area contributed by atoms with E-state index >= 15 is 0 Å². The third-order valence-corrected chi connectivity index (χ3v) is 2.13. The van der Waals surface area contributed by atoms with E-state index in [0.29, 0.717) is 0 Å². The van der Waals surface area contributed by atoms with Gasteiger partial charge in [-0.3, -0.25) is 5.10 Å². The highest BCUT2D eigenvalue weighted by Crippen LogP contribution is 2.18. The molecule has 5 heteroatoms. The van der Waals surface area contributed by atoms with Gasteiger partial charge in [0.2, 0.25) is 0 Å². The number of aromatic nitrogens is 3. The summed E-state index contributed by atoms with van der Waals surface area (Å²) in [5, 5.41) is 10.0. The maximum absolute atomic E-state index is 5.37. The summed E-state index contributed by atoms with van der Waals surface area (Å²) in [7, 11) is 0. The molecule has 2 aromatic heterocycles. The molecule has 5 nitrogen and oxygen atoms in total. The molecule has 0 saturated heterocycles. The normalized spacial score (nSPS) is 12.9. The van der Waals surface area contributed by atoms with E-state index < -0.39 is 0 Å². The van der Waals surface area contributed by atoms with Gasteiger partial charge in [0.1, 0.15) is 24.0 Å². The van der Waals surface area contributed by atoms with Gasteiger partial charge in [0, 0.05) is 0 Å². The Labute approximate surface area is 87.9 Å². The SMILES string of the molecule is CCCNC(c1ncn[nH]1)c1ccco1. The molecule has 80 valence electrons. The van der Waals surface area contributed by atoms with Crippen LogP contribution in [0.3, 0.4) is 0 Å². The quantitative estimate of drug-likeness (QED) is 0.777. The van der Waals surface area contributed by atoms with Gasteiger partial charge in [0.05, 0.1) is 6.26 Å². The number of rotatable bonds is 5. The second-order valence-electron chi connectivity index (χ2n) is 3.27. The molecule has 2 aromatic rings. The Kier molecular flexibility index (Phi) is 3.14. The molecule has 15 heavy (non-hydrogen) atoms. The molecule has 0 spiro atoms. The summed E-state index contributed by atoms with van der Waals surface area (Å²) in [4.78, 5) is 4.14. The number of nitrogens with one attached hydrogen (secondary N) is 2. The lowest BCUT2D eigenvalue weighted by atomic mass is 10.2. The number of nitrogens with zero attached hydrogens (tertiary/aromatic N) is 2. The van der Waals surface area contributed by atoms with E-state index in [4.69, 9.17) is 4.42 Å². The van der Waals surface area contributed by atoms with Crippen molar-refractivity contribution in [1.82, 2.24) is 20.5 Å². The highest BCUT2D eigenvalue weighted by Gasteiger charge is 2.18. The van der Waals surface area contributed by atoms with E-state index in [1.54, 1.807) is 6.26 Å². The number of aromatic amines is 1. The van der Waals surface area contributed by atoms with Crippen molar-refractivity contribution in [1.29, 1.82) is 0 Å². The van der Waals surface area contributed by atoms with Gasteiger partial charge in [-0.2, -0.15) is 5.10 Å². The summed E-state index contributed by atoms with van der Waals surface area (Å²) in [6, 6.07) is 3.75. The van der Waals surface area contributed by atoms with E-state index in [-0.39, 0.29) is 6.04 Å². The van der Waals surface area contributed by atoms with Crippen molar-refractivity contribution >= 4 is 0 Å². The lowest BCUT2D eigenvalue weighted by Crippen LogP contribution is -2.23. The van der Waals surface area contributed by atoms with Crippen molar-refractivity contribution in [2.75, 3.05) is 6.54 Å². The molecule has 0 radical (unpaired) electrons. The van der Waals surface area contributed by atoms with E-state index in [0.717, 1.165) is 24.6 Å². The largest absolute Gasteiger partial charge is 0.467 e. The van der Waals surface area contributed by atoms with Gasteiger partial charge in [0.25, 0.3) is 0 Å². The van der Waals surface area contributed by atoms with Crippen LogP contribution >= 0.6 is 0 Å². The molecule has 2 N–H and O–H groups in total. The number of furan rings is 1. The molecule has 0 amide bonds. The van der Waals surface area contributed by atoms with Gasteiger partial charge in [0.15, 0.2) is 0 Å². The number of H-pyrrole nitrogens is 1. The molecule has 0 aromatic carbocycles. The van der Waals surface area contributed by atoms with E-state index in [9.17, 15) is 0 Å². The molecule has 0 aliphatic carbocycles. The lowest BCUT2D eigenvalue weighted by Gasteiger charge is -2.12. The van der Waals surface area contributed by atoms with Crippen LogP contribution < -0.4 is 5.32 Å². The molecule has 2 heterocycles. The van der Waals surface area contributed by atoms with Crippen LogP contribution in [0.5, 0.6) is 0 Å². The third kappa shape index (κ3) is 2.24. The number of hydrogen-bond acceptors (Lipinski definition) is 4. The summed E-state index contributed by atoms with van der Waals surface area (Å²) >= 11 is 0. The number of hydrogen-bond donors (Lipinski definition) is 2. The van der Waals surface area contributed by atoms with E-state index in [2.05, 4.69) is 27.4 Å². The van der Waals surface area contributed by atoms with Gasteiger partial charge in [-0.15, -0.1) is 0 Å². The molecular formula is C10H14N4O. The maximum Gasteiger partial charge on any atom is 0.149 e. The van der Waals surface area contributed by atoms with Crippen molar-refractivity contribution in [2.24, 2.45) is 0 Å². The second-order valence-corrected chi connectivity index (χ2v) is 3.27. The second kappa shape index (κ2) is 4.75. The summed E-state index contributed by atoms with van der Waals surface area (Å²) in [6.45, 7) is 3.03. The lowest BCUT2D eigenvalue weighted by molar-refractivity contribution is 0.436. The highest BCUT2D eigenvalue weighted by molar-refractivity contribution is 5.13. The van der Waals surface area contributed by atoms with Crippen LogP contribution in [-0.4, -0.2) is 21.7 Å². The monoisotopic (exact) mass is 206 g/mol. The van der Waals surface area contributed by atoms with Crippen LogP contribution in [0.15, 0.2) is 29.1 Å². The Balaban J connectivity index is 2.17. The molecule has 2 rings (SSSR count). The minimum absolute atomic E-state index is 0.0394. The van der Waals surface area contributed by atoms with Crippen molar-refractivity contribution in [3.8, 4) is 0 Å². The molecule has 1 atom stereocenters. The Bertz CT molecular complexity index is 334. The van der Waals surface area contributed by atoms with Gasteiger partial charge in [-0.1, -0.05) is 6.92 Å². The average molecular weight is 206 g/mol. The van der Waals surface area contributed by atoms with Crippen molar-refractivity contribution in [3.63, 3.8) is 0 Å². The Hall–Kier alpha value is -1.62. The van der Waals surface area contributed by atoms with Crippen LogP contribution in [0, 0.1) is 0 Å². The Morgan fingerprint density at radius 2 is 2.53 bits per heavy atom. The minimum atomic E-state index is -0.0394. The zero-order chi connectivity index (χ0) is 10.5. The fourth-order valence-corrected chi connectivity index (χ4v) is 1.43. The Morgan fingerprint density at radius 1 is 1.60 bits per heavy atom. The fourth-order valence-electron chi connectivity index (χ4n) is 1.43. The van der Waals surface area contributed by atoms with E-state index in [1.807, 2.05) is 12.1 Å². The first kappa shape index (κ1) is 9.92. The van der Waals surface area contributed by atoms with Gasteiger partial charge >= 0.3 is 0 Å². The predicted molar refractivity (Wildman–Crippen MR) is 55.2 cm³/mol. The van der Waals surface area contributed by atoms with Crippen LogP contribution in [0.25, 0.3) is 0 Å². The molecule has 0 saturated carbocycles. The highest BCUT2D eigenvalue weighted by atomic mass is 16.3. The first-order valence-electron chi connectivity index (χ1n) is 5.04. The van der Waals surface area contributed by atoms with Gasteiger partial charge in [-0.25, -0.2) is 4.98 Å². The summed E-state index contributed by atoms with van der Waals surface area (Å²) in [5.41, 5.74) is 0. The van der Waals surface area contributed by atoms with Gasteiger partial charge in [-0.05, 0) is 25.1 Å². The zero-order valence-electron chi connectivity index (χ0n) is 8.60. The summed E-state index contributed by atoms with van der Waals surface area (Å²) in [5.74, 6) is 1.62. The Morgan fingerprint density at radius 3 is 3.13 bits per heavy atom. The summed E-state index contributed by atoms with van der Waals surface area (Å²) < 4.78 is 5.37. The molecular weight excluding hydrogens is 192 g/mol. The molecule has 0 aliphatic heterocycles. The van der Waals surface area contributed by atoms with Crippen molar-refractivity contribution < 1.29 is 4.42 Å². The van der Waals surface area contributed by atoms with E-state index in [1.165, 1.54) is 6.33 Å². The van der Waals surface area contributed by atoms with Crippen LogP contribution in [-0.2, 0) is 0 Å². The molecule has 0 fully saturated rings. The summed E-state index contributed by atoms with van der Waals surface area (Å²) in [6.07, 6.45) is 4.22. The van der Waals surface area contributed by atoms with Crippen LogP contribution in [0.4, 0.5) is 0 Å². The van der Waals surface area contributed by atoms with Crippen molar-refractivity contribution in [3.05, 3.63) is 36.3 Å². The molecule has 0 aliphatic rings. The first-order valence-corrected chi connectivity index (χ1v) is 5.04.